The number of hydrogen-bond acceptors (Lipinski definition) is 4. The monoisotopic (exact) mass is 372 g/mol. The molecule has 1 aromatic carbocycles. The third-order valence-electron chi connectivity index (χ3n) is 4.75. The minimum absolute atomic E-state index is 0.00412. The predicted octanol–water partition coefficient (Wildman–Crippen LogP) is 4.31. The van der Waals surface area contributed by atoms with Crippen molar-refractivity contribution >= 4 is 23.1 Å². The summed E-state index contributed by atoms with van der Waals surface area (Å²) in [7, 11) is 0. The summed E-state index contributed by atoms with van der Waals surface area (Å²) in [6, 6.07) is 8.07. The number of thiazole rings is 1. The van der Waals surface area contributed by atoms with E-state index >= 15 is 0 Å². The molecule has 2 amide bonds. The summed E-state index contributed by atoms with van der Waals surface area (Å²) in [5.41, 5.74) is 3.24. The van der Waals surface area contributed by atoms with Crippen molar-refractivity contribution < 1.29 is 4.79 Å². The second-order valence-electron chi connectivity index (χ2n) is 7.15. The van der Waals surface area contributed by atoms with Gasteiger partial charge in [-0.3, -0.25) is 4.90 Å². The summed E-state index contributed by atoms with van der Waals surface area (Å²) in [5.74, 6) is 0.382. The number of aromatic nitrogens is 1. The summed E-state index contributed by atoms with van der Waals surface area (Å²) in [6.45, 7) is 10.6. The number of anilines is 1. The molecule has 0 bridgehead atoms. The molecule has 0 atom stereocenters. The van der Waals surface area contributed by atoms with E-state index in [0.717, 1.165) is 55.5 Å². The average Bonchev–Trinajstić information content (AvgIpc) is 2.88. The Morgan fingerprint density at radius 3 is 2.77 bits per heavy atom. The first-order chi connectivity index (χ1) is 12.5. The van der Waals surface area contributed by atoms with E-state index in [4.69, 9.17) is 0 Å². The molecule has 140 valence electrons. The molecule has 1 N–H and O–H groups in total. The molecule has 1 fully saturated rings. The van der Waals surface area contributed by atoms with Gasteiger partial charge in [0, 0.05) is 43.8 Å². The van der Waals surface area contributed by atoms with Gasteiger partial charge in [0.2, 0.25) is 0 Å². The van der Waals surface area contributed by atoms with E-state index in [-0.39, 0.29) is 6.03 Å². The van der Waals surface area contributed by atoms with Gasteiger partial charge in [0.1, 0.15) is 0 Å². The number of urea groups is 1. The second kappa shape index (κ2) is 8.64. The van der Waals surface area contributed by atoms with E-state index in [1.807, 2.05) is 30.0 Å². The number of rotatable bonds is 4. The number of aryl methyl sites for hydroxylation is 1. The fourth-order valence-corrected chi connectivity index (χ4v) is 3.95. The van der Waals surface area contributed by atoms with Crippen LogP contribution in [0.15, 0.2) is 29.6 Å². The minimum atomic E-state index is 0.00412. The topological polar surface area (TPSA) is 48.5 Å². The first kappa shape index (κ1) is 18.9. The van der Waals surface area contributed by atoms with Gasteiger partial charge in [0.25, 0.3) is 0 Å². The summed E-state index contributed by atoms with van der Waals surface area (Å²) >= 11 is 1.70. The molecule has 6 heteroatoms. The molecule has 2 aromatic rings. The highest BCUT2D eigenvalue weighted by Crippen LogP contribution is 2.24. The van der Waals surface area contributed by atoms with E-state index in [1.54, 1.807) is 11.3 Å². The second-order valence-corrected chi connectivity index (χ2v) is 8.21. The van der Waals surface area contributed by atoms with Crippen molar-refractivity contribution in [2.45, 2.75) is 39.7 Å². The summed E-state index contributed by atoms with van der Waals surface area (Å²) in [4.78, 5) is 21.6. The van der Waals surface area contributed by atoms with E-state index in [0.29, 0.717) is 5.92 Å². The Balaban J connectivity index is 1.57. The first-order valence-electron chi connectivity index (χ1n) is 9.31. The molecule has 2 heterocycles. The van der Waals surface area contributed by atoms with Gasteiger partial charge in [-0.1, -0.05) is 32.0 Å². The smallest absolute Gasteiger partial charge is 0.321 e. The van der Waals surface area contributed by atoms with E-state index < -0.39 is 0 Å². The lowest BCUT2D eigenvalue weighted by Gasteiger charge is -2.23. The fraction of sp³-hybridized carbons (Fsp3) is 0.500. The summed E-state index contributed by atoms with van der Waals surface area (Å²) < 4.78 is 0. The molecule has 3 rings (SSSR count). The Morgan fingerprint density at radius 2 is 2.04 bits per heavy atom. The Hall–Kier alpha value is -1.92. The van der Waals surface area contributed by atoms with Crippen molar-refractivity contribution in [3.05, 3.63) is 45.9 Å². The highest BCUT2D eigenvalue weighted by Gasteiger charge is 2.20. The summed E-state index contributed by atoms with van der Waals surface area (Å²) in [5, 5.41) is 6.36. The van der Waals surface area contributed by atoms with Crippen LogP contribution in [0, 0.1) is 6.92 Å². The van der Waals surface area contributed by atoms with Crippen molar-refractivity contribution in [2.75, 3.05) is 31.5 Å². The quantitative estimate of drug-likeness (QED) is 0.870. The van der Waals surface area contributed by atoms with Crippen LogP contribution < -0.4 is 5.32 Å². The molecular weight excluding hydrogens is 344 g/mol. The molecule has 0 radical (unpaired) electrons. The lowest BCUT2D eigenvalue weighted by atomic mass is 10.0. The largest absolute Gasteiger partial charge is 0.323 e. The molecule has 1 aliphatic heterocycles. The lowest BCUT2D eigenvalue weighted by Crippen LogP contribution is -2.38. The number of amides is 2. The van der Waals surface area contributed by atoms with E-state index in [1.165, 1.54) is 5.56 Å². The van der Waals surface area contributed by atoms with E-state index in [9.17, 15) is 4.79 Å². The van der Waals surface area contributed by atoms with Crippen LogP contribution in [0.5, 0.6) is 0 Å². The number of nitrogens with zero attached hydrogens (tertiary/aromatic N) is 3. The molecule has 0 saturated carbocycles. The van der Waals surface area contributed by atoms with Crippen molar-refractivity contribution in [3.8, 4) is 0 Å². The fourth-order valence-electron chi connectivity index (χ4n) is 3.35. The maximum atomic E-state index is 12.7. The molecule has 0 unspecified atom stereocenters. The van der Waals surface area contributed by atoms with Gasteiger partial charge in [-0.2, -0.15) is 0 Å². The number of hydrogen-bond donors (Lipinski definition) is 1. The molecule has 0 aliphatic carbocycles. The summed E-state index contributed by atoms with van der Waals surface area (Å²) in [6.07, 6.45) is 0.988. The number of benzene rings is 1. The van der Waals surface area contributed by atoms with Crippen molar-refractivity contribution in [2.24, 2.45) is 0 Å². The van der Waals surface area contributed by atoms with Gasteiger partial charge in [0.15, 0.2) is 0 Å². The Morgan fingerprint density at radius 1 is 1.23 bits per heavy atom. The SMILES string of the molecule is Cc1nc(CN2CCCN(C(=O)Nc3ccccc3C(C)C)CC2)cs1. The Kier molecular flexibility index (Phi) is 6.27. The first-order valence-corrected chi connectivity index (χ1v) is 10.2. The van der Waals surface area contributed by atoms with Crippen LogP contribution in [0.3, 0.4) is 0 Å². The Labute approximate surface area is 160 Å². The molecule has 1 aliphatic rings. The Bertz CT molecular complexity index is 743. The normalized spacial score (nSPS) is 15.9. The van der Waals surface area contributed by atoms with Crippen LogP contribution in [0.2, 0.25) is 0 Å². The highest BCUT2D eigenvalue weighted by atomic mass is 32.1. The standard InChI is InChI=1S/C20H28N4OS/c1-15(2)18-7-4-5-8-19(18)22-20(25)24-10-6-9-23(11-12-24)13-17-14-26-16(3)21-17/h4-5,7-8,14-15H,6,9-13H2,1-3H3,(H,22,25). The van der Waals surface area contributed by atoms with E-state index in [2.05, 4.69) is 40.5 Å². The maximum Gasteiger partial charge on any atom is 0.321 e. The zero-order valence-electron chi connectivity index (χ0n) is 15.9. The molecular formula is C20H28N4OS. The van der Waals surface area contributed by atoms with Crippen LogP contribution in [-0.4, -0.2) is 47.0 Å². The van der Waals surface area contributed by atoms with Gasteiger partial charge in [-0.15, -0.1) is 11.3 Å². The highest BCUT2D eigenvalue weighted by molar-refractivity contribution is 7.09. The minimum Gasteiger partial charge on any atom is -0.323 e. The van der Waals surface area contributed by atoms with Crippen LogP contribution in [0.1, 0.15) is 42.5 Å². The number of nitrogens with one attached hydrogen (secondary N) is 1. The molecule has 0 spiro atoms. The van der Waals surface area contributed by atoms with Gasteiger partial charge in [-0.25, -0.2) is 9.78 Å². The van der Waals surface area contributed by atoms with Gasteiger partial charge in [-0.05, 0) is 30.9 Å². The molecule has 5 nitrogen and oxygen atoms in total. The van der Waals surface area contributed by atoms with Gasteiger partial charge >= 0.3 is 6.03 Å². The molecule has 1 saturated heterocycles. The van der Waals surface area contributed by atoms with Crippen LogP contribution in [-0.2, 0) is 6.54 Å². The zero-order chi connectivity index (χ0) is 18.5. The third kappa shape index (κ3) is 4.83. The zero-order valence-corrected chi connectivity index (χ0v) is 16.7. The third-order valence-corrected chi connectivity index (χ3v) is 5.57. The number of carbonyl (C=O) groups excluding carboxylic acids is 1. The number of carbonyl (C=O) groups is 1. The van der Waals surface area contributed by atoms with Crippen molar-refractivity contribution in [1.29, 1.82) is 0 Å². The maximum absolute atomic E-state index is 12.7. The molecule has 1 aromatic heterocycles. The van der Waals surface area contributed by atoms with Gasteiger partial charge < -0.3 is 10.2 Å². The number of para-hydroxylation sites is 1. The van der Waals surface area contributed by atoms with Crippen molar-refractivity contribution in [3.63, 3.8) is 0 Å². The van der Waals surface area contributed by atoms with Crippen LogP contribution in [0.4, 0.5) is 10.5 Å². The lowest BCUT2D eigenvalue weighted by molar-refractivity contribution is 0.211. The van der Waals surface area contributed by atoms with Crippen LogP contribution in [0.25, 0.3) is 0 Å². The van der Waals surface area contributed by atoms with Crippen LogP contribution >= 0.6 is 11.3 Å². The van der Waals surface area contributed by atoms with Crippen molar-refractivity contribution in [1.82, 2.24) is 14.8 Å². The van der Waals surface area contributed by atoms with Gasteiger partial charge in [0.05, 0.1) is 10.7 Å². The predicted molar refractivity (Wildman–Crippen MR) is 108 cm³/mol. The average molecular weight is 373 g/mol. The molecule has 26 heavy (non-hydrogen) atoms.